The standard InChI is InChI=1S/C17H21NO3/c1-12-6-5-7-13(10-12)18-16(20)14-11-15(19)21-17(14)8-3-2-4-9-17/h5-7,10,14H,2-4,8-9,11H2,1H3,(H,18,20)/t14-/m0/s1. The number of nitrogens with one attached hydrogen (secondary N) is 1. The van der Waals surface area contributed by atoms with Gasteiger partial charge in [-0.2, -0.15) is 0 Å². The van der Waals surface area contributed by atoms with Crippen LogP contribution in [0.2, 0.25) is 0 Å². The summed E-state index contributed by atoms with van der Waals surface area (Å²) in [6.45, 7) is 1.99. The summed E-state index contributed by atoms with van der Waals surface area (Å²) in [6.07, 6.45) is 5.04. The summed E-state index contributed by atoms with van der Waals surface area (Å²) in [5.74, 6) is -0.680. The summed E-state index contributed by atoms with van der Waals surface area (Å²) in [6, 6.07) is 7.71. The Bertz CT molecular complexity index is 561. The summed E-state index contributed by atoms with van der Waals surface area (Å²) in [5.41, 5.74) is 1.33. The smallest absolute Gasteiger partial charge is 0.307 e. The molecule has 2 aliphatic rings. The first-order chi connectivity index (χ1) is 10.1. The molecular weight excluding hydrogens is 266 g/mol. The number of aryl methyl sites for hydroxylation is 1. The second-order valence-electron chi connectivity index (χ2n) is 6.21. The largest absolute Gasteiger partial charge is 0.458 e. The molecule has 112 valence electrons. The van der Waals surface area contributed by atoms with Gasteiger partial charge in [-0.3, -0.25) is 9.59 Å². The fourth-order valence-electron chi connectivity index (χ4n) is 3.58. The first kappa shape index (κ1) is 14.1. The van der Waals surface area contributed by atoms with Crippen LogP contribution in [-0.2, 0) is 14.3 Å². The van der Waals surface area contributed by atoms with Gasteiger partial charge in [-0.1, -0.05) is 18.6 Å². The SMILES string of the molecule is Cc1cccc(NC(=O)[C@@H]2CC(=O)OC23CCCCC3)c1. The first-order valence-electron chi connectivity index (χ1n) is 7.68. The van der Waals surface area contributed by atoms with Gasteiger partial charge in [0.25, 0.3) is 0 Å². The Labute approximate surface area is 124 Å². The van der Waals surface area contributed by atoms with Crippen LogP contribution in [0.3, 0.4) is 0 Å². The lowest BCUT2D eigenvalue weighted by Gasteiger charge is -2.36. The lowest BCUT2D eigenvalue weighted by atomic mass is 9.75. The van der Waals surface area contributed by atoms with Gasteiger partial charge in [0.1, 0.15) is 5.60 Å². The summed E-state index contributed by atoms with van der Waals surface area (Å²) in [7, 11) is 0. The van der Waals surface area contributed by atoms with E-state index in [0.717, 1.165) is 43.4 Å². The molecule has 0 aromatic heterocycles. The highest BCUT2D eigenvalue weighted by atomic mass is 16.6. The maximum Gasteiger partial charge on any atom is 0.307 e. The molecule has 1 aromatic rings. The summed E-state index contributed by atoms with van der Waals surface area (Å²) in [5, 5.41) is 2.95. The van der Waals surface area contributed by atoms with Gasteiger partial charge < -0.3 is 10.1 Å². The fraction of sp³-hybridized carbons (Fsp3) is 0.529. The van der Waals surface area contributed by atoms with E-state index in [2.05, 4.69) is 5.32 Å². The number of carbonyl (C=O) groups excluding carboxylic acids is 2. The molecule has 1 aliphatic heterocycles. The number of anilines is 1. The summed E-state index contributed by atoms with van der Waals surface area (Å²) < 4.78 is 5.59. The minimum absolute atomic E-state index is 0.0895. The predicted molar refractivity (Wildman–Crippen MR) is 79.8 cm³/mol. The van der Waals surface area contributed by atoms with Gasteiger partial charge in [0, 0.05) is 5.69 Å². The van der Waals surface area contributed by atoms with Gasteiger partial charge >= 0.3 is 5.97 Å². The number of carbonyl (C=O) groups is 2. The molecule has 1 saturated carbocycles. The van der Waals surface area contributed by atoms with Crippen molar-refractivity contribution in [3.63, 3.8) is 0 Å². The van der Waals surface area contributed by atoms with Crippen molar-refractivity contribution in [2.75, 3.05) is 5.32 Å². The Morgan fingerprint density at radius 2 is 2.05 bits per heavy atom. The van der Waals surface area contributed by atoms with Crippen LogP contribution in [0.1, 0.15) is 44.1 Å². The Balaban J connectivity index is 1.77. The van der Waals surface area contributed by atoms with E-state index < -0.39 is 5.60 Å². The number of amides is 1. The highest BCUT2D eigenvalue weighted by Crippen LogP contribution is 2.44. The van der Waals surface area contributed by atoms with E-state index in [1.165, 1.54) is 0 Å². The van der Waals surface area contributed by atoms with E-state index in [9.17, 15) is 9.59 Å². The number of rotatable bonds is 2. The van der Waals surface area contributed by atoms with Gasteiger partial charge in [0.2, 0.25) is 5.91 Å². The predicted octanol–water partition coefficient (Wildman–Crippen LogP) is 3.20. The first-order valence-corrected chi connectivity index (χ1v) is 7.68. The molecule has 0 bridgehead atoms. The Kier molecular flexibility index (Phi) is 3.70. The van der Waals surface area contributed by atoms with Crippen molar-refractivity contribution in [1.82, 2.24) is 0 Å². The highest BCUT2D eigenvalue weighted by Gasteiger charge is 2.52. The minimum Gasteiger partial charge on any atom is -0.458 e. The Hall–Kier alpha value is -1.84. The third-order valence-corrected chi connectivity index (χ3v) is 4.62. The zero-order valence-electron chi connectivity index (χ0n) is 12.4. The molecule has 1 heterocycles. The van der Waals surface area contributed by atoms with Crippen LogP contribution in [0, 0.1) is 12.8 Å². The molecular formula is C17H21NO3. The van der Waals surface area contributed by atoms with Crippen LogP contribution < -0.4 is 5.32 Å². The van der Waals surface area contributed by atoms with Crippen molar-refractivity contribution < 1.29 is 14.3 Å². The number of ether oxygens (including phenoxy) is 1. The number of hydrogen-bond acceptors (Lipinski definition) is 3. The topological polar surface area (TPSA) is 55.4 Å². The fourth-order valence-corrected chi connectivity index (χ4v) is 3.58. The lowest BCUT2D eigenvalue weighted by molar-refractivity contribution is -0.153. The van der Waals surface area contributed by atoms with E-state index in [4.69, 9.17) is 4.74 Å². The van der Waals surface area contributed by atoms with E-state index in [0.29, 0.717) is 0 Å². The average Bonchev–Trinajstić information content (AvgIpc) is 2.76. The van der Waals surface area contributed by atoms with Crippen LogP contribution in [0.15, 0.2) is 24.3 Å². The average molecular weight is 287 g/mol. The molecule has 1 spiro atoms. The molecule has 4 nitrogen and oxygen atoms in total. The van der Waals surface area contributed by atoms with Crippen LogP contribution in [0.25, 0.3) is 0 Å². The molecule has 0 unspecified atom stereocenters. The van der Waals surface area contributed by atoms with Crippen molar-refractivity contribution >= 4 is 17.6 Å². The van der Waals surface area contributed by atoms with Gasteiger partial charge in [0.15, 0.2) is 0 Å². The second kappa shape index (κ2) is 5.51. The number of esters is 1. The van der Waals surface area contributed by atoms with E-state index in [1.807, 2.05) is 31.2 Å². The molecule has 1 aliphatic carbocycles. The molecule has 4 heteroatoms. The van der Waals surface area contributed by atoms with Crippen LogP contribution in [0.5, 0.6) is 0 Å². The number of hydrogen-bond donors (Lipinski definition) is 1. The maximum atomic E-state index is 12.6. The lowest BCUT2D eigenvalue weighted by Crippen LogP contribution is -2.43. The molecule has 1 aromatic carbocycles. The van der Waals surface area contributed by atoms with Gasteiger partial charge in [-0.15, -0.1) is 0 Å². The van der Waals surface area contributed by atoms with Crippen molar-refractivity contribution in [3.8, 4) is 0 Å². The van der Waals surface area contributed by atoms with Crippen molar-refractivity contribution in [2.45, 2.75) is 51.0 Å². The number of benzene rings is 1. The second-order valence-corrected chi connectivity index (χ2v) is 6.21. The maximum absolute atomic E-state index is 12.6. The molecule has 1 atom stereocenters. The Morgan fingerprint density at radius 1 is 1.29 bits per heavy atom. The van der Waals surface area contributed by atoms with Crippen LogP contribution in [0.4, 0.5) is 5.69 Å². The van der Waals surface area contributed by atoms with Crippen LogP contribution >= 0.6 is 0 Å². The zero-order valence-corrected chi connectivity index (χ0v) is 12.4. The van der Waals surface area contributed by atoms with Crippen molar-refractivity contribution in [3.05, 3.63) is 29.8 Å². The van der Waals surface area contributed by atoms with Gasteiger partial charge in [-0.25, -0.2) is 0 Å². The van der Waals surface area contributed by atoms with Crippen molar-refractivity contribution in [1.29, 1.82) is 0 Å². The third kappa shape index (κ3) is 2.80. The van der Waals surface area contributed by atoms with Gasteiger partial charge in [-0.05, 0) is 50.3 Å². The van der Waals surface area contributed by atoms with E-state index >= 15 is 0 Å². The van der Waals surface area contributed by atoms with E-state index in [-0.39, 0.29) is 24.2 Å². The normalized spacial score (nSPS) is 23.9. The molecule has 1 amide bonds. The third-order valence-electron chi connectivity index (χ3n) is 4.62. The van der Waals surface area contributed by atoms with Crippen molar-refractivity contribution in [2.24, 2.45) is 5.92 Å². The highest BCUT2D eigenvalue weighted by molar-refractivity contribution is 5.97. The van der Waals surface area contributed by atoms with Crippen LogP contribution in [-0.4, -0.2) is 17.5 Å². The molecule has 2 fully saturated rings. The van der Waals surface area contributed by atoms with Gasteiger partial charge in [0.05, 0.1) is 12.3 Å². The quantitative estimate of drug-likeness (QED) is 0.850. The summed E-state index contributed by atoms with van der Waals surface area (Å²) in [4.78, 5) is 24.3. The molecule has 1 N–H and O–H groups in total. The Morgan fingerprint density at radius 3 is 2.76 bits per heavy atom. The summed E-state index contributed by atoms with van der Waals surface area (Å²) >= 11 is 0. The molecule has 0 radical (unpaired) electrons. The van der Waals surface area contributed by atoms with E-state index in [1.54, 1.807) is 0 Å². The minimum atomic E-state index is -0.552. The monoisotopic (exact) mass is 287 g/mol. The molecule has 3 rings (SSSR count). The molecule has 21 heavy (non-hydrogen) atoms. The molecule has 1 saturated heterocycles. The zero-order chi connectivity index (χ0) is 14.9.